The van der Waals surface area contributed by atoms with Crippen LogP contribution in [0.5, 0.6) is 11.5 Å². The third kappa shape index (κ3) is 4.57. The summed E-state index contributed by atoms with van der Waals surface area (Å²) in [6.07, 6.45) is 3.83. The van der Waals surface area contributed by atoms with Crippen LogP contribution < -0.4 is 9.47 Å². The van der Waals surface area contributed by atoms with Crippen molar-refractivity contribution < 1.29 is 28.1 Å². The fraction of sp³-hybridized carbons (Fsp3) is 0.611. The Balaban J connectivity index is 2.34. The number of Topliss-reactive ketones (excluding diaryl/α,β-unsaturated/α-hetero) is 1. The molecule has 0 amide bonds. The summed E-state index contributed by atoms with van der Waals surface area (Å²) in [4.78, 5) is 13.5. The van der Waals surface area contributed by atoms with Gasteiger partial charge in [0.15, 0.2) is 12.1 Å². The Bertz CT molecular complexity index is 575. The molecule has 0 bridgehead atoms. The van der Waals surface area contributed by atoms with Gasteiger partial charge in [0.05, 0.1) is 26.2 Å². The minimum Gasteiger partial charge on any atom is -0.496 e. The van der Waals surface area contributed by atoms with Crippen molar-refractivity contribution in [3.8, 4) is 11.5 Å². The highest BCUT2D eigenvalue weighted by molar-refractivity contribution is 7.17. The standard InChI is InChI=1S/C18H25O6P/c1-13(24-25-20)23-12-18(10-5-4-6-11-18)17(19)16-14(21-2)8-7-9-15(16)22-3/h7-9,13H,4-6,10-12H2,1-3H3. The predicted molar refractivity (Wildman–Crippen MR) is 93.5 cm³/mol. The molecule has 0 radical (unpaired) electrons. The number of carbonyl (C=O) groups excluding carboxylic acids is 1. The van der Waals surface area contributed by atoms with Gasteiger partial charge in [-0.2, -0.15) is 0 Å². The molecule has 1 fully saturated rings. The second-order valence-corrected chi connectivity index (χ2v) is 6.63. The molecule has 1 unspecified atom stereocenters. The molecule has 1 saturated carbocycles. The Hall–Kier alpha value is -1.49. The number of benzene rings is 1. The van der Waals surface area contributed by atoms with Crippen molar-refractivity contribution in [2.24, 2.45) is 5.41 Å². The average Bonchev–Trinajstić information content (AvgIpc) is 2.66. The number of carbonyl (C=O) groups is 1. The Labute approximate surface area is 150 Å². The van der Waals surface area contributed by atoms with Crippen molar-refractivity contribution in [3.63, 3.8) is 0 Å². The van der Waals surface area contributed by atoms with E-state index in [-0.39, 0.29) is 12.4 Å². The Morgan fingerprint density at radius 3 is 2.28 bits per heavy atom. The predicted octanol–water partition coefficient (Wildman–Crippen LogP) is 4.42. The van der Waals surface area contributed by atoms with Crippen molar-refractivity contribution in [3.05, 3.63) is 23.8 Å². The summed E-state index contributed by atoms with van der Waals surface area (Å²) in [6, 6.07) is 5.31. The number of methoxy groups -OCH3 is 2. The van der Waals surface area contributed by atoms with E-state index in [0.29, 0.717) is 17.1 Å². The lowest BCUT2D eigenvalue weighted by atomic mass is 9.69. The monoisotopic (exact) mass is 368 g/mol. The van der Waals surface area contributed by atoms with Gasteiger partial charge in [0.2, 0.25) is 0 Å². The summed E-state index contributed by atoms with van der Waals surface area (Å²) in [6.45, 7) is 1.87. The minimum atomic E-state index is -0.655. The summed E-state index contributed by atoms with van der Waals surface area (Å²) in [5.74, 6) is 0.960. The van der Waals surface area contributed by atoms with Crippen LogP contribution in [-0.4, -0.2) is 32.9 Å². The highest BCUT2D eigenvalue weighted by Gasteiger charge is 2.43. The van der Waals surface area contributed by atoms with Gasteiger partial charge in [-0.3, -0.25) is 9.32 Å². The van der Waals surface area contributed by atoms with E-state index in [1.165, 1.54) is 0 Å². The van der Waals surface area contributed by atoms with E-state index in [0.717, 1.165) is 32.1 Å². The molecule has 1 aliphatic carbocycles. The van der Waals surface area contributed by atoms with Crippen LogP contribution in [-0.2, 0) is 13.8 Å². The Morgan fingerprint density at radius 1 is 1.16 bits per heavy atom. The molecule has 0 saturated heterocycles. The molecule has 6 nitrogen and oxygen atoms in total. The topological polar surface area (TPSA) is 71.1 Å². The van der Waals surface area contributed by atoms with E-state index in [1.54, 1.807) is 39.3 Å². The lowest BCUT2D eigenvalue weighted by Gasteiger charge is -2.36. The summed E-state index contributed by atoms with van der Waals surface area (Å²) >= 11 is 0. The third-order valence-corrected chi connectivity index (χ3v) is 5.12. The maximum atomic E-state index is 13.5. The first-order valence-corrected chi connectivity index (χ1v) is 9.17. The van der Waals surface area contributed by atoms with Gasteiger partial charge in [0, 0.05) is 0 Å². The number of hydrogen-bond acceptors (Lipinski definition) is 6. The van der Waals surface area contributed by atoms with E-state index in [1.807, 2.05) is 0 Å². The second kappa shape index (κ2) is 9.27. The lowest BCUT2D eigenvalue weighted by Crippen LogP contribution is -2.39. The molecular formula is C18H25O6P. The van der Waals surface area contributed by atoms with Gasteiger partial charge in [-0.25, -0.2) is 4.57 Å². The molecule has 1 aliphatic rings. The zero-order valence-electron chi connectivity index (χ0n) is 14.9. The van der Waals surface area contributed by atoms with Gasteiger partial charge >= 0.3 is 8.69 Å². The van der Waals surface area contributed by atoms with Gasteiger partial charge in [-0.05, 0) is 31.9 Å². The summed E-state index contributed by atoms with van der Waals surface area (Å²) in [7, 11) is 2.64. The first-order valence-electron chi connectivity index (χ1n) is 8.44. The normalized spacial score (nSPS) is 17.9. The minimum absolute atomic E-state index is 0.0339. The molecule has 0 aromatic heterocycles. The zero-order valence-corrected chi connectivity index (χ0v) is 15.8. The van der Waals surface area contributed by atoms with E-state index < -0.39 is 20.4 Å². The molecule has 2 rings (SSSR count). The smallest absolute Gasteiger partial charge is 0.329 e. The van der Waals surface area contributed by atoms with Gasteiger partial charge in [0.25, 0.3) is 0 Å². The van der Waals surface area contributed by atoms with Crippen LogP contribution in [0.4, 0.5) is 0 Å². The van der Waals surface area contributed by atoms with E-state index in [2.05, 4.69) is 0 Å². The largest absolute Gasteiger partial charge is 0.496 e. The van der Waals surface area contributed by atoms with E-state index in [9.17, 15) is 9.36 Å². The number of hydrogen-bond donors (Lipinski definition) is 0. The zero-order chi connectivity index (χ0) is 18.3. The SMILES string of the molecule is COc1cccc(OC)c1C(=O)C1(COC(C)OP=O)CCCCC1. The van der Waals surface area contributed by atoms with Crippen LogP contribution in [0.25, 0.3) is 0 Å². The van der Waals surface area contributed by atoms with Crippen molar-refractivity contribution in [2.75, 3.05) is 20.8 Å². The molecule has 7 heteroatoms. The van der Waals surface area contributed by atoms with Gasteiger partial charge < -0.3 is 14.2 Å². The van der Waals surface area contributed by atoms with E-state index in [4.69, 9.17) is 18.7 Å². The van der Waals surface area contributed by atoms with Crippen LogP contribution in [0, 0.1) is 5.41 Å². The van der Waals surface area contributed by atoms with Crippen molar-refractivity contribution in [1.29, 1.82) is 0 Å². The molecule has 25 heavy (non-hydrogen) atoms. The Morgan fingerprint density at radius 2 is 1.76 bits per heavy atom. The summed E-state index contributed by atoms with van der Waals surface area (Å²) in [5, 5.41) is 0. The van der Waals surface area contributed by atoms with Gasteiger partial charge in [-0.15, -0.1) is 0 Å². The van der Waals surface area contributed by atoms with Gasteiger partial charge in [0.1, 0.15) is 17.1 Å². The molecular weight excluding hydrogens is 343 g/mol. The summed E-state index contributed by atoms with van der Waals surface area (Å²) < 4.78 is 31.9. The number of ketones is 1. The maximum absolute atomic E-state index is 13.5. The van der Waals surface area contributed by atoms with Crippen LogP contribution in [0.2, 0.25) is 0 Å². The van der Waals surface area contributed by atoms with Crippen LogP contribution >= 0.6 is 8.69 Å². The molecule has 1 aromatic carbocycles. The maximum Gasteiger partial charge on any atom is 0.329 e. The van der Waals surface area contributed by atoms with Gasteiger partial charge in [-0.1, -0.05) is 25.3 Å². The number of ether oxygens (including phenoxy) is 3. The molecule has 0 heterocycles. The highest BCUT2D eigenvalue weighted by Crippen LogP contribution is 2.43. The van der Waals surface area contributed by atoms with Crippen molar-refractivity contribution in [1.82, 2.24) is 0 Å². The summed E-state index contributed by atoms with van der Waals surface area (Å²) in [5.41, 5.74) is -0.203. The van der Waals surface area contributed by atoms with Crippen molar-refractivity contribution >= 4 is 14.5 Å². The Kier molecular flexibility index (Phi) is 7.36. The molecule has 0 N–H and O–H groups in total. The fourth-order valence-corrected chi connectivity index (χ4v) is 3.56. The lowest BCUT2D eigenvalue weighted by molar-refractivity contribution is -0.0910. The quantitative estimate of drug-likeness (QED) is 0.365. The molecule has 0 spiro atoms. The van der Waals surface area contributed by atoms with Crippen LogP contribution in [0.1, 0.15) is 49.4 Å². The number of rotatable bonds is 9. The van der Waals surface area contributed by atoms with Crippen LogP contribution in [0.15, 0.2) is 18.2 Å². The third-order valence-electron chi connectivity index (χ3n) is 4.73. The molecule has 138 valence electrons. The highest BCUT2D eigenvalue weighted by atomic mass is 31.1. The van der Waals surface area contributed by atoms with Crippen LogP contribution in [0.3, 0.4) is 0 Å². The van der Waals surface area contributed by atoms with E-state index >= 15 is 0 Å². The molecule has 1 aromatic rings. The fourth-order valence-electron chi connectivity index (χ4n) is 3.37. The van der Waals surface area contributed by atoms with Crippen molar-refractivity contribution in [2.45, 2.75) is 45.3 Å². The average molecular weight is 368 g/mol. The second-order valence-electron chi connectivity index (χ2n) is 6.27. The first kappa shape index (κ1) is 19.8. The molecule has 1 atom stereocenters. The first-order chi connectivity index (χ1) is 12.1. The molecule has 0 aliphatic heterocycles.